The normalized spacial score (nSPS) is 18.1. The van der Waals surface area contributed by atoms with Crippen molar-refractivity contribution in [3.05, 3.63) is 64.5 Å². The highest BCUT2D eigenvalue weighted by Gasteiger charge is 2.26. The van der Waals surface area contributed by atoms with Crippen molar-refractivity contribution in [3.8, 4) is 0 Å². The van der Waals surface area contributed by atoms with Crippen molar-refractivity contribution in [2.45, 2.75) is 19.4 Å². The van der Waals surface area contributed by atoms with Gasteiger partial charge in [0.05, 0.1) is 10.9 Å². The van der Waals surface area contributed by atoms with Gasteiger partial charge in [0.25, 0.3) is 0 Å². The molecule has 0 aliphatic carbocycles. The van der Waals surface area contributed by atoms with E-state index in [-0.39, 0.29) is 11.8 Å². The molecule has 1 fully saturated rings. The fourth-order valence-corrected chi connectivity index (χ4v) is 5.08. The van der Waals surface area contributed by atoms with E-state index in [9.17, 15) is 4.79 Å². The highest BCUT2D eigenvalue weighted by Crippen LogP contribution is 2.36. The zero-order valence-electron chi connectivity index (χ0n) is 14.5. The summed E-state index contributed by atoms with van der Waals surface area (Å²) < 4.78 is 1.22. The maximum absolute atomic E-state index is 12.6. The molecule has 4 rings (SSSR count). The Kier molecular flexibility index (Phi) is 5.25. The molecule has 1 aliphatic rings. The summed E-state index contributed by atoms with van der Waals surface area (Å²) in [5.74, 6) is 0.139. The number of thiophene rings is 1. The van der Waals surface area contributed by atoms with Crippen molar-refractivity contribution in [3.63, 3.8) is 0 Å². The fraction of sp³-hybridized carbons (Fsp3) is 0.286. The minimum atomic E-state index is 0.0251. The van der Waals surface area contributed by atoms with Crippen LogP contribution in [0.3, 0.4) is 0 Å². The third-order valence-electron chi connectivity index (χ3n) is 4.89. The number of carbonyl (C=O) groups is 1. The van der Waals surface area contributed by atoms with E-state index in [2.05, 4.69) is 22.3 Å². The Bertz CT molecular complexity index is 909. The van der Waals surface area contributed by atoms with Gasteiger partial charge >= 0.3 is 0 Å². The second-order valence-corrected chi connectivity index (χ2v) is 8.28. The van der Waals surface area contributed by atoms with E-state index in [0.29, 0.717) is 0 Å². The van der Waals surface area contributed by atoms with Crippen molar-refractivity contribution in [2.75, 3.05) is 18.4 Å². The fourth-order valence-electron chi connectivity index (χ4n) is 3.55. The zero-order valence-corrected chi connectivity index (χ0v) is 16.0. The Morgan fingerprint density at radius 3 is 2.73 bits per heavy atom. The zero-order chi connectivity index (χ0) is 17.9. The lowest BCUT2D eigenvalue weighted by Crippen LogP contribution is -2.40. The topological polar surface area (TPSA) is 32.3 Å². The molecule has 1 aromatic heterocycles. The number of para-hydroxylation sites is 1. The number of fused-ring (bicyclic) bond motifs is 1. The minimum Gasteiger partial charge on any atom is -0.326 e. The van der Waals surface area contributed by atoms with Crippen LogP contribution < -0.4 is 5.32 Å². The van der Waals surface area contributed by atoms with Gasteiger partial charge in [0.15, 0.2) is 0 Å². The van der Waals surface area contributed by atoms with Gasteiger partial charge in [0.1, 0.15) is 0 Å². The molecule has 1 aliphatic heterocycles. The first-order valence-corrected chi connectivity index (χ1v) is 10.1. The van der Waals surface area contributed by atoms with Crippen LogP contribution in [-0.4, -0.2) is 23.9 Å². The SMILES string of the molecule is O=C(Nc1ccccc1)C1CCCN(Cc2sc3ccccc3c2Cl)C1. The molecule has 1 N–H and O–H groups in total. The van der Waals surface area contributed by atoms with Crippen LogP contribution in [0.1, 0.15) is 17.7 Å². The van der Waals surface area contributed by atoms with Crippen LogP contribution in [0.15, 0.2) is 54.6 Å². The predicted molar refractivity (Wildman–Crippen MR) is 110 cm³/mol. The Balaban J connectivity index is 1.43. The number of nitrogens with one attached hydrogen (secondary N) is 1. The van der Waals surface area contributed by atoms with Crippen molar-refractivity contribution in [1.29, 1.82) is 0 Å². The molecule has 3 nitrogen and oxygen atoms in total. The molecule has 1 saturated heterocycles. The smallest absolute Gasteiger partial charge is 0.228 e. The molecule has 0 radical (unpaired) electrons. The van der Waals surface area contributed by atoms with E-state index < -0.39 is 0 Å². The number of rotatable bonds is 4. The van der Waals surface area contributed by atoms with Crippen LogP contribution in [0.2, 0.25) is 5.02 Å². The summed E-state index contributed by atoms with van der Waals surface area (Å²) in [7, 11) is 0. The molecular formula is C21H21ClN2OS. The van der Waals surface area contributed by atoms with Gasteiger partial charge in [0.2, 0.25) is 5.91 Å². The number of hydrogen-bond acceptors (Lipinski definition) is 3. The number of halogens is 1. The van der Waals surface area contributed by atoms with Crippen molar-refractivity contribution in [1.82, 2.24) is 4.90 Å². The molecule has 0 bridgehead atoms. The summed E-state index contributed by atoms with van der Waals surface area (Å²) >= 11 is 8.34. The van der Waals surface area contributed by atoms with E-state index in [0.717, 1.165) is 48.6 Å². The van der Waals surface area contributed by atoms with Gasteiger partial charge in [-0.25, -0.2) is 0 Å². The Labute approximate surface area is 162 Å². The molecule has 2 aromatic carbocycles. The van der Waals surface area contributed by atoms with E-state index in [1.807, 2.05) is 42.5 Å². The number of hydrogen-bond donors (Lipinski definition) is 1. The largest absolute Gasteiger partial charge is 0.326 e. The van der Waals surface area contributed by atoms with Crippen LogP contribution in [0.5, 0.6) is 0 Å². The van der Waals surface area contributed by atoms with Gasteiger partial charge in [-0.3, -0.25) is 9.69 Å². The molecule has 134 valence electrons. The summed E-state index contributed by atoms with van der Waals surface area (Å²) in [5.41, 5.74) is 0.863. The molecule has 0 saturated carbocycles. The van der Waals surface area contributed by atoms with Gasteiger partial charge in [-0.15, -0.1) is 11.3 Å². The Morgan fingerprint density at radius 2 is 1.92 bits per heavy atom. The average molecular weight is 385 g/mol. The quantitative estimate of drug-likeness (QED) is 0.652. The summed E-state index contributed by atoms with van der Waals surface area (Å²) in [6.07, 6.45) is 1.98. The van der Waals surface area contributed by atoms with Gasteiger partial charge in [-0.2, -0.15) is 0 Å². The monoisotopic (exact) mass is 384 g/mol. The van der Waals surface area contributed by atoms with Gasteiger partial charge in [-0.1, -0.05) is 48.0 Å². The van der Waals surface area contributed by atoms with Crippen LogP contribution >= 0.6 is 22.9 Å². The minimum absolute atomic E-state index is 0.0251. The number of anilines is 1. The molecule has 1 amide bonds. The van der Waals surface area contributed by atoms with E-state index in [1.54, 1.807) is 11.3 Å². The molecule has 3 aromatic rings. The van der Waals surface area contributed by atoms with E-state index in [4.69, 9.17) is 11.6 Å². The van der Waals surface area contributed by atoms with Gasteiger partial charge < -0.3 is 5.32 Å². The number of piperidine rings is 1. The third kappa shape index (κ3) is 3.78. The number of nitrogens with zero attached hydrogens (tertiary/aromatic N) is 1. The number of benzene rings is 2. The van der Waals surface area contributed by atoms with Gasteiger partial charge in [-0.05, 0) is 37.6 Å². The maximum atomic E-state index is 12.6. The summed E-state index contributed by atoms with van der Waals surface area (Å²) in [5, 5.41) is 5.03. The first-order valence-electron chi connectivity index (χ1n) is 8.95. The molecule has 26 heavy (non-hydrogen) atoms. The van der Waals surface area contributed by atoms with Crippen molar-refractivity contribution < 1.29 is 4.79 Å². The predicted octanol–water partition coefficient (Wildman–Crippen LogP) is 5.41. The number of carbonyl (C=O) groups excluding carboxylic acids is 1. The molecule has 1 atom stereocenters. The first-order chi connectivity index (χ1) is 12.7. The molecule has 0 spiro atoms. The first kappa shape index (κ1) is 17.5. The lowest BCUT2D eigenvalue weighted by Gasteiger charge is -2.31. The summed E-state index contributed by atoms with van der Waals surface area (Å²) in [4.78, 5) is 16.2. The number of amides is 1. The standard InChI is InChI=1S/C21H21ClN2OS/c22-20-17-10-4-5-11-18(17)26-19(20)14-24-12-6-7-15(13-24)21(25)23-16-8-2-1-3-9-16/h1-5,8-11,15H,6-7,12-14H2,(H,23,25). The van der Waals surface area contributed by atoms with Gasteiger partial charge in [0, 0.05) is 33.7 Å². The second kappa shape index (κ2) is 7.78. The summed E-state index contributed by atoms with van der Waals surface area (Å²) in [6, 6.07) is 17.9. The van der Waals surface area contributed by atoms with E-state index in [1.165, 1.54) is 9.58 Å². The highest BCUT2D eigenvalue weighted by atomic mass is 35.5. The lowest BCUT2D eigenvalue weighted by atomic mass is 9.97. The van der Waals surface area contributed by atoms with Crippen LogP contribution in [0.4, 0.5) is 5.69 Å². The third-order valence-corrected chi connectivity index (χ3v) is 6.59. The van der Waals surface area contributed by atoms with Crippen molar-refractivity contribution >= 4 is 44.6 Å². The molecular weight excluding hydrogens is 364 g/mol. The van der Waals surface area contributed by atoms with Crippen LogP contribution in [-0.2, 0) is 11.3 Å². The van der Waals surface area contributed by atoms with Crippen LogP contribution in [0.25, 0.3) is 10.1 Å². The van der Waals surface area contributed by atoms with Crippen LogP contribution in [0, 0.1) is 5.92 Å². The second-order valence-electron chi connectivity index (χ2n) is 6.76. The van der Waals surface area contributed by atoms with Crippen molar-refractivity contribution in [2.24, 2.45) is 5.92 Å². The molecule has 2 heterocycles. The molecule has 5 heteroatoms. The number of likely N-dealkylation sites (tertiary alicyclic amines) is 1. The lowest BCUT2D eigenvalue weighted by molar-refractivity contribution is -0.121. The highest BCUT2D eigenvalue weighted by molar-refractivity contribution is 7.19. The Morgan fingerprint density at radius 1 is 1.15 bits per heavy atom. The molecule has 1 unspecified atom stereocenters. The Hall–Kier alpha value is -1.88. The maximum Gasteiger partial charge on any atom is 0.228 e. The summed E-state index contributed by atoms with van der Waals surface area (Å²) in [6.45, 7) is 2.61. The average Bonchev–Trinajstić information content (AvgIpc) is 2.99. The van der Waals surface area contributed by atoms with E-state index >= 15 is 0 Å².